The maximum atomic E-state index is 12.9. The summed E-state index contributed by atoms with van der Waals surface area (Å²) >= 11 is 0. The molecule has 2 aromatic rings. The van der Waals surface area contributed by atoms with Crippen LogP contribution in [-0.2, 0) is 20.9 Å². The van der Waals surface area contributed by atoms with Crippen LogP contribution in [0, 0.1) is 0 Å². The molecular weight excluding hydrogens is 370 g/mol. The fourth-order valence-corrected chi connectivity index (χ4v) is 3.79. The number of esters is 1. The summed E-state index contributed by atoms with van der Waals surface area (Å²) in [5.74, 6) is -0.224. The van der Waals surface area contributed by atoms with Crippen LogP contribution in [0.1, 0.15) is 36.3 Å². The molecule has 2 aromatic carbocycles. The number of rotatable bonds is 6. The monoisotopic (exact) mass is 397 g/mol. The number of hydrogen-bond donors (Lipinski definition) is 0. The van der Waals surface area contributed by atoms with E-state index in [2.05, 4.69) is 0 Å². The summed E-state index contributed by atoms with van der Waals surface area (Å²) in [7, 11) is 2.97. The van der Waals surface area contributed by atoms with E-state index < -0.39 is 12.0 Å². The Morgan fingerprint density at radius 1 is 1.03 bits per heavy atom. The van der Waals surface area contributed by atoms with E-state index >= 15 is 0 Å². The molecule has 154 valence electrons. The minimum absolute atomic E-state index is 0.203. The van der Waals surface area contributed by atoms with Crippen molar-refractivity contribution in [3.05, 3.63) is 65.7 Å². The Hall–Kier alpha value is -3.02. The Morgan fingerprint density at radius 3 is 2.41 bits per heavy atom. The van der Waals surface area contributed by atoms with Crippen molar-refractivity contribution < 1.29 is 23.8 Å². The number of likely N-dealkylation sites (tertiary alicyclic amines) is 1. The molecular formula is C23H27NO5. The fourth-order valence-electron chi connectivity index (χ4n) is 3.79. The van der Waals surface area contributed by atoms with Crippen LogP contribution in [0.25, 0.3) is 0 Å². The van der Waals surface area contributed by atoms with Gasteiger partial charge in [0.15, 0.2) is 0 Å². The second kappa shape index (κ2) is 9.96. The molecule has 0 unspecified atom stereocenters. The number of hydrogen-bond acceptors (Lipinski definition) is 5. The van der Waals surface area contributed by atoms with Crippen molar-refractivity contribution in [1.29, 1.82) is 0 Å². The van der Waals surface area contributed by atoms with Crippen LogP contribution < -0.4 is 4.74 Å². The minimum atomic E-state index is -0.574. The van der Waals surface area contributed by atoms with E-state index in [0.717, 1.165) is 24.0 Å². The predicted molar refractivity (Wildman–Crippen MR) is 109 cm³/mol. The van der Waals surface area contributed by atoms with Crippen molar-refractivity contribution in [3.8, 4) is 5.75 Å². The number of ether oxygens (including phenoxy) is 3. The number of amides is 1. The maximum absolute atomic E-state index is 12.9. The molecule has 1 saturated heterocycles. The Kier molecular flexibility index (Phi) is 7.11. The maximum Gasteiger partial charge on any atom is 0.410 e. The molecule has 3 rings (SSSR count). The van der Waals surface area contributed by atoms with Gasteiger partial charge in [-0.3, -0.25) is 4.79 Å². The zero-order chi connectivity index (χ0) is 20.6. The summed E-state index contributed by atoms with van der Waals surface area (Å²) in [5, 5.41) is 0. The molecule has 1 aliphatic heterocycles. The predicted octanol–water partition coefficient (Wildman–Crippen LogP) is 4.14. The van der Waals surface area contributed by atoms with Crippen LogP contribution in [0.5, 0.6) is 5.75 Å². The first kappa shape index (κ1) is 20.7. The third-order valence-corrected chi connectivity index (χ3v) is 5.30. The van der Waals surface area contributed by atoms with Crippen molar-refractivity contribution in [1.82, 2.24) is 4.90 Å². The number of carbonyl (C=O) groups excluding carboxylic acids is 2. The Morgan fingerprint density at radius 2 is 1.76 bits per heavy atom. The molecule has 0 spiro atoms. The highest BCUT2D eigenvalue weighted by atomic mass is 16.6. The van der Waals surface area contributed by atoms with Gasteiger partial charge in [-0.15, -0.1) is 0 Å². The van der Waals surface area contributed by atoms with E-state index in [0.29, 0.717) is 18.7 Å². The van der Waals surface area contributed by atoms with Gasteiger partial charge in [0.25, 0.3) is 0 Å². The summed E-state index contributed by atoms with van der Waals surface area (Å²) < 4.78 is 15.8. The topological polar surface area (TPSA) is 65.1 Å². The summed E-state index contributed by atoms with van der Waals surface area (Å²) in [4.78, 5) is 27.2. The average molecular weight is 397 g/mol. The van der Waals surface area contributed by atoms with Gasteiger partial charge < -0.3 is 19.1 Å². The third kappa shape index (κ3) is 5.08. The Bertz CT molecular complexity index is 806. The quantitative estimate of drug-likeness (QED) is 0.686. The molecule has 1 fully saturated rings. The lowest BCUT2D eigenvalue weighted by Crippen LogP contribution is -2.49. The van der Waals surface area contributed by atoms with Gasteiger partial charge in [0.05, 0.1) is 20.3 Å². The highest BCUT2D eigenvalue weighted by Gasteiger charge is 2.39. The van der Waals surface area contributed by atoms with E-state index in [-0.39, 0.29) is 18.6 Å². The molecule has 0 N–H and O–H groups in total. The van der Waals surface area contributed by atoms with Gasteiger partial charge in [0, 0.05) is 6.54 Å². The van der Waals surface area contributed by atoms with E-state index in [9.17, 15) is 9.59 Å². The summed E-state index contributed by atoms with van der Waals surface area (Å²) in [6, 6.07) is 16.6. The smallest absolute Gasteiger partial charge is 0.410 e. The summed E-state index contributed by atoms with van der Waals surface area (Å²) in [5.41, 5.74) is 1.72. The first-order valence-electron chi connectivity index (χ1n) is 9.83. The standard InChI is InChI=1S/C23H27NO5/c1-27-19-13-11-18(12-14-19)21(22(25)28-2)20-10-6-7-15-24(20)23(26)29-16-17-8-4-3-5-9-17/h3-5,8-9,11-14,20-21H,6-7,10,15-16H2,1-2H3/t20-,21-/m1/s1. The van der Waals surface area contributed by atoms with Crippen LogP contribution in [-0.4, -0.2) is 43.8 Å². The molecule has 6 nitrogen and oxygen atoms in total. The Balaban J connectivity index is 1.80. The average Bonchev–Trinajstić information content (AvgIpc) is 2.79. The second-order valence-corrected chi connectivity index (χ2v) is 7.07. The van der Waals surface area contributed by atoms with Crippen molar-refractivity contribution in [2.24, 2.45) is 0 Å². The van der Waals surface area contributed by atoms with Crippen LogP contribution in [0.3, 0.4) is 0 Å². The van der Waals surface area contributed by atoms with Gasteiger partial charge in [-0.2, -0.15) is 0 Å². The Labute approximate surface area is 171 Å². The largest absolute Gasteiger partial charge is 0.497 e. The number of benzene rings is 2. The molecule has 1 heterocycles. The summed E-state index contributed by atoms with van der Waals surface area (Å²) in [6.07, 6.45) is 2.14. The summed E-state index contributed by atoms with van der Waals surface area (Å²) in [6.45, 7) is 0.760. The number of carbonyl (C=O) groups is 2. The van der Waals surface area contributed by atoms with Crippen LogP contribution in [0.2, 0.25) is 0 Å². The lowest BCUT2D eigenvalue weighted by atomic mass is 9.85. The van der Waals surface area contributed by atoms with E-state index in [4.69, 9.17) is 14.2 Å². The molecule has 6 heteroatoms. The van der Waals surface area contributed by atoms with Crippen LogP contribution in [0.4, 0.5) is 4.79 Å². The molecule has 1 aliphatic rings. The highest BCUT2D eigenvalue weighted by Crippen LogP contribution is 2.33. The number of nitrogens with zero attached hydrogens (tertiary/aromatic N) is 1. The van der Waals surface area contributed by atoms with Gasteiger partial charge in [-0.05, 0) is 42.5 Å². The lowest BCUT2D eigenvalue weighted by molar-refractivity contribution is -0.144. The van der Waals surface area contributed by atoms with E-state index in [1.165, 1.54) is 7.11 Å². The molecule has 0 bridgehead atoms. The van der Waals surface area contributed by atoms with Crippen molar-refractivity contribution in [3.63, 3.8) is 0 Å². The van der Waals surface area contributed by atoms with Crippen molar-refractivity contribution >= 4 is 12.1 Å². The number of methoxy groups -OCH3 is 2. The van der Waals surface area contributed by atoms with Crippen molar-refractivity contribution in [2.75, 3.05) is 20.8 Å². The normalized spacial score (nSPS) is 17.3. The van der Waals surface area contributed by atoms with Crippen LogP contribution >= 0.6 is 0 Å². The molecule has 0 saturated carbocycles. The second-order valence-electron chi connectivity index (χ2n) is 7.07. The minimum Gasteiger partial charge on any atom is -0.497 e. The van der Waals surface area contributed by atoms with Crippen molar-refractivity contribution in [2.45, 2.75) is 37.8 Å². The van der Waals surface area contributed by atoms with Crippen LogP contribution in [0.15, 0.2) is 54.6 Å². The molecule has 1 amide bonds. The van der Waals surface area contributed by atoms with Gasteiger partial charge >= 0.3 is 12.1 Å². The molecule has 0 aromatic heterocycles. The van der Waals surface area contributed by atoms with Gasteiger partial charge in [-0.25, -0.2) is 4.79 Å². The highest BCUT2D eigenvalue weighted by molar-refractivity contribution is 5.80. The molecule has 29 heavy (non-hydrogen) atoms. The third-order valence-electron chi connectivity index (χ3n) is 5.30. The van der Waals surface area contributed by atoms with Gasteiger partial charge in [0.2, 0.25) is 0 Å². The van der Waals surface area contributed by atoms with Gasteiger partial charge in [0.1, 0.15) is 18.3 Å². The van der Waals surface area contributed by atoms with E-state index in [1.54, 1.807) is 12.0 Å². The zero-order valence-corrected chi connectivity index (χ0v) is 16.9. The number of piperidine rings is 1. The zero-order valence-electron chi connectivity index (χ0n) is 16.9. The molecule has 2 atom stereocenters. The first-order valence-corrected chi connectivity index (χ1v) is 9.83. The lowest BCUT2D eigenvalue weighted by Gasteiger charge is -2.38. The van der Waals surface area contributed by atoms with Gasteiger partial charge in [-0.1, -0.05) is 42.5 Å². The van der Waals surface area contributed by atoms with E-state index in [1.807, 2.05) is 54.6 Å². The fraction of sp³-hybridized carbons (Fsp3) is 0.391. The molecule has 0 radical (unpaired) electrons. The SMILES string of the molecule is COC(=O)[C@H](c1ccc(OC)cc1)[C@H]1CCCCN1C(=O)OCc1ccccc1. The molecule has 0 aliphatic carbocycles. The first-order chi connectivity index (χ1) is 14.1.